The Labute approximate surface area is 95.5 Å². The maximum absolute atomic E-state index is 13.4. The van der Waals surface area contributed by atoms with Gasteiger partial charge in [0, 0.05) is 19.0 Å². The van der Waals surface area contributed by atoms with Crippen LogP contribution in [0.2, 0.25) is 0 Å². The van der Waals surface area contributed by atoms with Crippen LogP contribution in [0, 0.1) is 17.6 Å². The van der Waals surface area contributed by atoms with Crippen LogP contribution in [0.1, 0.15) is 6.42 Å². The molecule has 1 aliphatic rings. The summed E-state index contributed by atoms with van der Waals surface area (Å²) in [5, 5.41) is 8.77. The Bertz CT molecular complexity index is 490. The number of amides is 1. The molecule has 0 radical (unpaired) electrons. The Morgan fingerprint density at radius 3 is 2.71 bits per heavy atom. The highest BCUT2D eigenvalue weighted by Gasteiger charge is 2.36. The fraction of sp³-hybridized carbons (Fsp3) is 0.273. The predicted molar refractivity (Wildman–Crippen MR) is 54.5 cm³/mol. The van der Waals surface area contributed by atoms with Gasteiger partial charge in [-0.25, -0.2) is 8.78 Å². The van der Waals surface area contributed by atoms with Crippen LogP contribution in [0.3, 0.4) is 0 Å². The van der Waals surface area contributed by atoms with Crippen LogP contribution in [0.4, 0.5) is 14.5 Å². The number of carbonyl (C=O) groups excluding carboxylic acids is 1. The number of halogens is 2. The van der Waals surface area contributed by atoms with Crippen molar-refractivity contribution in [2.75, 3.05) is 11.4 Å². The third-order valence-electron chi connectivity index (χ3n) is 2.67. The van der Waals surface area contributed by atoms with E-state index in [-0.39, 0.29) is 18.7 Å². The van der Waals surface area contributed by atoms with E-state index in [1.807, 2.05) is 0 Å². The number of carboxylic acids is 1. The van der Waals surface area contributed by atoms with Crippen LogP contribution in [-0.2, 0) is 9.59 Å². The van der Waals surface area contributed by atoms with Crippen LogP contribution in [0.5, 0.6) is 0 Å². The van der Waals surface area contributed by atoms with Gasteiger partial charge in [-0.1, -0.05) is 0 Å². The fourth-order valence-electron chi connectivity index (χ4n) is 1.80. The molecule has 0 bridgehead atoms. The van der Waals surface area contributed by atoms with Gasteiger partial charge in [-0.15, -0.1) is 0 Å². The van der Waals surface area contributed by atoms with Gasteiger partial charge in [0.1, 0.15) is 11.6 Å². The van der Waals surface area contributed by atoms with Crippen LogP contribution < -0.4 is 4.90 Å². The van der Waals surface area contributed by atoms with Gasteiger partial charge < -0.3 is 10.0 Å². The molecule has 0 spiro atoms. The van der Waals surface area contributed by atoms with Gasteiger partial charge in [-0.3, -0.25) is 9.59 Å². The predicted octanol–water partition coefficient (Wildman–Crippen LogP) is 1.40. The number of benzene rings is 1. The number of aliphatic carboxylic acids is 1. The second-order valence-corrected chi connectivity index (χ2v) is 3.84. The molecule has 1 saturated heterocycles. The lowest BCUT2D eigenvalue weighted by Gasteiger charge is -2.16. The summed E-state index contributed by atoms with van der Waals surface area (Å²) in [6, 6.07) is 2.73. The molecule has 1 fully saturated rings. The Balaban J connectivity index is 2.32. The zero-order valence-electron chi connectivity index (χ0n) is 8.69. The van der Waals surface area contributed by atoms with Gasteiger partial charge in [0.25, 0.3) is 0 Å². The van der Waals surface area contributed by atoms with E-state index >= 15 is 0 Å². The van der Waals surface area contributed by atoms with E-state index in [0.29, 0.717) is 0 Å². The zero-order valence-corrected chi connectivity index (χ0v) is 8.69. The third kappa shape index (κ3) is 2.11. The molecule has 6 heteroatoms. The molecule has 1 amide bonds. The largest absolute Gasteiger partial charge is 0.481 e. The van der Waals surface area contributed by atoms with Crippen molar-refractivity contribution in [2.45, 2.75) is 6.42 Å². The van der Waals surface area contributed by atoms with Crippen molar-refractivity contribution in [1.29, 1.82) is 0 Å². The highest BCUT2D eigenvalue weighted by molar-refractivity contribution is 5.99. The second-order valence-electron chi connectivity index (χ2n) is 3.84. The van der Waals surface area contributed by atoms with Crippen LogP contribution >= 0.6 is 0 Å². The standard InChI is InChI=1S/C11H9F2NO3/c12-7-1-2-8(13)9(4-7)14-5-6(11(16)17)3-10(14)15/h1-2,4,6H,3,5H2,(H,16,17)/t6-/m0/s1. The molecule has 17 heavy (non-hydrogen) atoms. The SMILES string of the molecule is O=C(O)[C@H]1CC(=O)N(c2cc(F)ccc2F)C1. The lowest BCUT2D eigenvalue weighted by Crippen LogP contribution is -2.26. The Kier molecular flexibility index (Phi) is 2.79. The van der Waals surface area contributed by atoms with Crippen LogP contribution in [0.25, 0.3) is 0 Å². The Morgan fingerprint density at radius 1 is 1.41 bits per heavy atom. The molecular formula is C11H9F2NO3. The molecule has 0 unspecified atom stereocenters. The van der Waals surface area contributed by atoms with Gasteiger partial charge in [0.05, 0.1) is 11.6 Å². The number of nitrogens with zero attached hydrogens (tertiary/aromatic N) is 1. The van der Waals surface area contributed by atoms with E-state index in [0.717, 1.165) is 23.1 Å². The summed E-state index contributed by atoms with van der Waals surface area (Å²) < 4.78 is 26.4. The van der Waals surface area contributed by atoms with Gasteiger partial charge in [-0.05, 0) is 12.1 Å². The van der Waals surface area contributed by atoms with E-state index < -0.39 is 29.4 Å². The highest BCUT2D eigenvalue weighted by atomic mass is 19.1. The summed E-state index contributed by atoms with van der Waals surface area (Å²) in [6.45, 7) is -0.130. The van der Waals surface area contributed by atoms with Crippen molar-refractivity contribution >= 4 is 17.6 Å². The summed E-state index contributed by atoms with van der Waals surface area (Å²) in [5.74, 6) is -3.91. The lowest BCUT2D eigenvalue weighted by atomic mass is 10.1. The van der Waals surface area contributed by atoms with E-state index in [2.05, 4.69) is 0 Å². The second kappa shape index (κ2) is 4.12. The average molecular weight is 241 g/mol. The van der Waals surface area contributed by atoms with Crippen molar-refractivity contribution < 1.29 is 23.5 Å². The van der Waals surface area contributed by atoms with Crippen molar-refractivity contribution in [2.24, 2.45) is 5.92 Å². The van der Waals surface area contributed by atoms with Crippen molar-refractivity contribution in [3.63, 3.8) is 0 Å². The minimum absolute atomic E-state index is 0.130. The van der Waals surface area contributed by atoms with E-state index in [1.165, 1.54) is 0 Å². The maximum atomic E-state index is 13.4. The number of carboxylic acid groups (broad SMARTS) is 1. The first-order valence-electron chi connectivity index (χ1n) is 4.97. The van der Waals surface area contributed by atoms with E-state index in [9.17, 15) is 18.4 Å². The third-order valence-corrected chi connectivity index (χ3v) is 2.67. The number of hydrogen-bond acceptors (Lipinski definition) is 2. The van der Waals surface area contributed by atoms with Crippen molar-refractivity contribution in [1.82, 2.24) is 0 Å². The maximum Gasteiger partial charge on any atom is 0.308 e. The van der Waals surface area contributed by atoms with Gasteiger partial charge >= 0.3 is 5.97 Å². The first-order chi connectivity index (χ1) is 7.99. The molecule has 2 rings (SSSR count). The summed E-state index contributed by atoms with van der Waals surface area (Å²) >= 11 is 0. The molecule has 1 atom stereocenters. The zero-order chi connectivity index (χ0) is 12.6. The van der Waals surface area contributed by atoms with Crippen molar-refractivity contribution in [3.8, 4) is 0 Å². The first-order valence-corrected chi connectivity index (χ1v) is 4.97. The summed E-state index contributed by atoms with van der Waals surface area (Å²) in [4.78, 5) is 23.2. The van der Waals surface area contributed by atoms with Crippen molar-refractivity contribution in [3.05, 3.63) is 29.8 Å². The number of anilines is 1. The van der Waals surface area contributed by atoms with Crippen LogP contribution in [0.15, 0.2) is 18.2 Å². The lowest BCUT2D eigenvalue weighted by molar-refractivity contribution is -0.141. The highest BCUT2D eigenvalue weighted by Crippen LogP contribution is 2.28. The summed E-state index contributed by atoms with van der Waals surface area (Å²) in [5.41, 5.74) is -0.209. The smallest absolute Gasteiger partial charge is 0.308 e. The number of hydrogen-bond donors (Lipinski definition) is 1. The van der Waals surface area contributed by atoms with Gasteiger partial charge in [0.15, 0.2) is 0 Å². The average Bonchev–Trinajstić information content (AvgIpc) is 2.64. The van der Waals surface area contributed by atoms with Gasteiger partial charge in [0.2, 0.25) is 5.91 Å². The Hall–Kier alpha value is -1.98. The molecule has 4 nitrogen and oxygen atoms in total. The monoisotopic (exact) mass is 241 g/mol. The van der Waals surface area contributed by atoms with E-state index in [4.69, 9.17) is 5.11 Å². The molecule has 1 heterocycles. The molecule has 0 saturated carbocycles. The molecule has 1 aromatic carbocycles. The molecular weight excluding hydrogens is 232 g/mol. The van der Waals surface area contributed by atoms with Gasteiger partial charge in [-0.2, -0.15) is 0 Å². The minimum atomic E-state index is -1.11. The molecule has 0 aromatic heterocycles. The fourth-order valence-corrected chi connectivity index (χ4v) is 1.80. The summed E-state index contributed by atoms with van der Waals surface area (Å²) in [6.07, 6.45) is -0.189. The number of rotatable bonds is 2. The Morgan fingerprint density at radius 2 is 2.12 bits per heavy atom. The quantitative estimate of drug-likeness (QED) is 0.851. The topological polar surface area (TPSA) is 57.6 Å². The number of carbonyl (C=O) groups is 2. The first kappa shape index (κ1) is 11.5. The normalized spacial score (nSPS) is 19.8. The molecule has 0 aliphatic carbocycles. The summed E-state index contributed by atoms with van der Waals surface area (Å²) in [7, 11) is 0. The molecule has 1 aliphatic heterocycles. The minimum Gasteiger partial charge on any atom is -0.481 e. The molecule has 1 aromatic rings. The molecule has 1 N–H and O–H groups in total. The molecule has 90 valence electrons. The van der Waals surface area contributed by atoms with Crippen LogP contribution in [-0.4, -0.2) is 23.5 Å². The van der Waals surface area contributed by atoms with E-state index in [1.54, 1.807) is 0 Å².